The van der Waals surface area contributed by atoms with E-state index in [0.29, 0.717) is 6.54 Å². The number of nitrogens with one attached hydrogen (secondary N) is 1. The summed E-state index contributed by atoms with van der Waals surface area (Å²) in [6, 6.07) is 11.8. The smallest absolute Gasteiger partial charge is 0.257 e. The molecule has 5 heteroatoms. The van der Waals surface area contributed by atoms with Crippen LogP contribution < -0.4 is 5.32 Å². The Balaban J connectivity index is 1.69. The van der Waals surface area contributed by atoms with Gasteiger partial charge in [-0.05, 0) is 36.4 Å². The number of ether oxygens (including phenoxy) is 1. The molecular weight excluding hydrogens is 296 g/mol. The molecule has 0 bridgehead atoms. The largest absolute Gasteiger partial charge is 0.376 e. The average Bonchev–Trinajstić information content (AvgIpc) is 3.23. The number of para-hydroxylation sites is 1. The maximum absolute atomic E-state index is 12.9. The minimum atomic E-state index is -0.105. The number of amides is 1. The topological polar surface area (TPSA) is 41.6 Å². The number of fused-ring (bicyclic) bond motifs is 1. The summed E-state index contributed by atoms with van der Waals surface area (Å²) in [6.45, 7) is 1.45. The number of hydrogen-bond acceptors (Lipinski definition) is 4. The normalized spacial score (nSPS) is 24.2. The first-order chi connectivity index (χ1) is 10.8. The van der Waals surface area contributed by atoms with Crippen LogP contribution in [0.3, 0.4) is 0 Å². The van der Waals surface area contributed by atoms with Crippen LogP contribution in [0.25, 0.3) is 0 Å². The number of carbonyl (C=O) groups excluding carboxylic acids is 1. The first kappa shape index (κ1) is 13.8. The van der Waals surface area contributed by atoms with E-state index in [1.54, 1.807) is 11.3 Å². The molecule has 0 spiro atoms. The Morgan fingerprint density at radius 3 is 2.95 bits per heavy atom. The fraction of sp³-hybridized carbons (Fsp3) is 0.353. The van der Waals surface area contributed by atoms with Gasteiger partial charge >= 0.3 is 0 Å². The third-order valence-corrected chi connectivity index (χ3v) is 5.18. The third-order valence-electron chi connectivity index (χ3n) is 4.26. The number of benzene rings is 1. The van der Waals surface area contributed by atoms with Crippen LogP contribution in [-0.4, -0.2) is 30.1 Å². The molecule has 0 aliphatic carbocycles. The molecule has 2 aromatic rings. The van der Waals surface area contributed by atoms with Gasteiger partial charge in [-0.1, -0.05) is 18.2 Å². The number of hydrogen-bond donors (Lipinski definition) is 1. The Bertz CT molecular complexity index is 665. The van der Waals surface area contributed by atoms with Crippen molar-refractivity contribution in [1.82, 2.24) is 4.90 Å². The zero-order valence-corrected chi connectivity index (χ0v) is 13.0. The van der Waals surface area contributed by atoms with E-state index in [-0.39, 0.29) is 18.2 Å². The van der Waals surface area contributed by atoms with E-state index in [2.05, 4.69) is 11.4 Å². The molecule has 1 amide bonds. The number of nitrogens with zero attached hydrogens (tertiary/aromatic N) is 1. The molecule has 3 heterocycles. The van der Waals surface area contributed by atoms with Crippen molar-refractivity contribution in [2.45, 2.75) is 25.1 Å². The van der Waals surface area contributed by atoms with Crippen LogP contribution in [0.4, 0.5) is 5.69 Å². The molecule has 1 N–H and O–H groups in total. The molecule has 22 heavy (non-hydrogen) atoms. The summed E-state index contributed by atoms with van der Waals surface area (Å²) in [5, 5.41) is 5.56. The summed E-state index contributed by atoms with van der Waals surface area (Å²) in [4.78, 5) is 16.0. The summed E-state index contributed by atoms with van der Waals surface area (Å²) in [6.07, 6.45) is 2.16. The molecule has 0 unspecified atom stereocenters. The van der Waals surface area contributed by atoms with Crippen LogP contribution in [-0.2, 0) is 4.74 Å². The second-order valence-electron chi connectivity index (χ2n) is 5.70. The Morgan fingerprint density at radius 2 is 2.18 bits per heavy atom. The standard InChI is InChI=1S/C17H18N2O2S/c20-17-13-6-1-2-7-14(13)18-16(15-8-4-10-22-15)19(17)11-12-5-3-9-21-12/h1-2,4,6-8,10,12,16,18H,3,5,9,11H2/t12-,16-/m0/s1. The first-order valence-corrected chi connectivity index (χ1v) is 8.52. The molecular formula is C17H18N2O2S. The molecule has 1 fully saturated rings. The second-order valence-corrected chi connectivity index (χ2v) is 6.68. The van der Waals surface area contributed by atoms with E-state index in [1.165, 1.54) is 0 Å². The minimum absolute atomic E-state index is 0.0863. The number of carbonyl (C=O) groups is 1. The van der Waals surface area contributed by atoms with Gasteiger partial charge in [0.05, 0.1) is 11.7 Å². The van der Waals surface area contributed by atoms with Crippen molar-refractivity contribution in [3.8, 4) is 0 Å². The lowest BCUT2D eigenvalue weighted by atomic mass is 10.1. The highest BCUT2D eigenvalue weighted by Gasteiger charge is 2.35. The maximum Gasteiger partial charge on any atom is 0.257 e. The highest BCUT2D eigenvalue weighted by atomic mass is 32.1. The average molecular weight is 314 g/mol. The van der Waals surface area contributed by atoms with Gasteiger partial charge in [-0.15, -0.1) is 11.3 Å². The van der Waals surface area contributed by atoms with E-state index < -0.39 is 0 Å². The zero-order valence-electron chi connectivity index (χ0n) is 12.2. The van der Waals surface area contributed by atoms with Gasteiger partial charge in [0, 0.05) is 23.7 Å². The molecule has 114 valence electrons. The number of thiophene rings is 1. The zero-order chi connectivity index (χ0) is 14.9. The molecule has 1 aromatic carbocycles. The molecule has 2 atom stereocenters. The fourth-order valence-electron chi connectivity index (χ4n) is 3.16. The van der Waals surface area contributed by atoms with Crippen LogP contribution in [0.5, 0.6) is 0 Å². The van der Waals surface area contributed by atoms with E-state index in [9.17, 15) is 4.79 Å². The van der Waals surface area contributed by atoms with Gasteiger partial charge in [0.1, 0.15) is 6.17 Å². The molecule has 2 aliphatic heterocycles. The second kappa shape index (κ2) is 5.74. The van der Waals surface area contributed by atoms with E-state index in [4.69, 9.17) is 4.74 Å². The summed E-state index contributed by atoms with van der Waals surface area (Å²) in [7, 11) is 0. The van der Waals surface area contributed by atoms with Crippen LogP contribution >= 0.6 is 11.3 Å². The van der Waals surface area contributed by atoms with Crippen LogP contribution in [0.2, 0.25) is 0 Å². The molecule has 1 aromatic heterocycles. The van der Waals surface area contributed by atoms with E-state index >= 15 is 0 Å². The summed E-state index contributed by atoms with van der Waals surface area (Å²) < 4.78 is 5.74. The van der Waals surface area contributed by atoms with Crippen LogP contribution in [0, 0.1) is 0 Å². The SMILES string of the molecule is O=C1c2ccccc2N[C@H](c2cccs2)N1C[C@@H]1CCCO1. The molecule has 4 rings (SSSR count). The molecule has 0 radical (unpaired) electrons. The molecule has 2 aliphatic rings. The summed E-state index contributed by atoms with van der Waals surface area (Å²) >= 11 is 1.67. The Hall–Kier alpha value is -1.85. The van der Waals surface area contributed by atoms with Crippen molar-refractivity contribution in [3.63, 3.8) is 0 Å². The predicted molar refractivity (Wildman–Crippen MR) is 87.1 cm³/mol. The van der Waals surface area contributed by atoms with Gasteiger partial charge in [-0.2, -0.15) is 0 Å². The maximum atomic E-state index is 12.9. The van der Waals surface area contributed by atoms with Crippen molar-refractivity contribution in [2.75, 3.05) is 18.5 Å². The third kappa shape index (κ3) is 2.40. The van der Waals surface area contributed by atoms with Crippen LogP contribution in [0.15, 0.2) is 41.8 Å². The predicted octanol–water partition coefficient (Wildman–Crippen LogP) is 3.49. The first-order valence-electron chi connectivity index (χ1n) is 7.64. The van der Waals surface area contributed by atoms with Crippen molar-refractivity contribution in [2.24, 2.45) is 0 Å². The van der Waals surface area contributed by atoms with E-state index in [1.807, 2.05) is 40.6 Å². The van der Waals surface area contributed by atoms with Gasteiger partial charge in [0.2, 0.25) is 0 Å². The van der Waals surface area contributed by atoms with E-state index in [0.717, 1.165) is 35.6 Å². The van der Waals surface area contributed by atoms with Gasteiger partial charge in [0.15, 0.2) is 0 Å². The molecule has 4 nitrogen and oxygen atoms in total. The lowest BCUT2D eigenvalue weighted by Crippen LogP contribution is -2.46. The number of anilines is 1. The van der Waals surface area contributed by atoms with Crippen molar-refractivity contribution < 1.29 is 9.53 Å². The number of rotatable bonds is 3. The van der Waals surface area contributed by atoms with Gasteiger partial charge in [0.25, 0.3) is 5.91 Å². The Morgan fingerprint density at radius 1 is 1.27 bits per heavy atom. The highest BCUT2D eigenvalue weighted by Crippen LogP contribution is 2.35. The Labute approximate surface area is 133 Å². The highest BCUT2D eigenvalue weighted by molar-refractivity contribution is 7.10. The van der Waals surface area contributed by atoms with Gasteiger partial charge < -0.3 is 15.0 Å². The summed E-state index contributed by atoms with van der Waals surface area (Å²) in [5.74, 6) is 0.0863. The lowest BCUT2D eigenvalue weighted by molar-refractivity contribution is 0.0430. The van der Waals surface area contributed by atoms with Crippen molar-refractivity contribution >= 4 is 22.9 Å². The summed E-state index contributed by atoms with van der Waals surface area (Å²) in [5.41, 5.74) is 1.66. The van der Waals surface area contributed by atoms with Crippen molar-refractivity contribution in [1.29, 1.82) is 0 Å². The van der Waals surface area contributed by atoms with Crippen molar-refractivity contribution in [3.05, 3.63) is 52.2 Å². The fourth-order valence-corrected chi connectivity index (χ4v) is 3.95. The van der Waals surface area contributed by atoms with Gasteiger partial charge in [-0.3, -0.25) is 4.79 Å². The molecule has 0 saturated carbocycles. The van der Waals surface area contributed by atoms with Crippen LogP contribution in [0.1, 0.15) is 34.2 Å². The van der Waals surface area contributed by atoms with Gasteiger partial charge in [-0.25, -0.2) is 0 Å². The minimum Gasteiger partial charge on any atom is -0.376 e. The molecule has 1 saturated heterocycles. The quantitative estimate of drug-likeness (QED) is 0.943. The lowest BCUT2D eigenvalue weighted by Gasteiger charge is -2.38. The Kier molecular flexibility index (Phi) is 3.60. The monoisotopic (exact) mass is 314 g/mol.